The number of allylic oxidation sites excluding steroid dienone is 1. The van der Waals surface area contributed by atoms with Crippen molar-refractivity contribution in [2.24, 2.45) is 16.6 Å². The topological polar surface area (TPSA) is 85.7 Å². The number of primary amides is 1. The predicted octanol–water partition coefficient (Wildman–Crippen LogP) is 2.33. The van der Waals surface area contributed by atoms with Crippen LogP contribution >= 0.6 is 0 Å². The molecule has 2 aliphatic heterocycles. The number of aliphatic imine (C=N–C) groups is 1. The lowest BCUT2D eigenvalue weighted by atomic mass is 9.89. The maximum absolute atomic E-state index is 12.8. The van der Waals surface area contributed by atoms with E-state index in [2.05, 4.69) is 37.7 Å². The Balaban J connectivity index is 2.02. The lowest BCUT2D eigenvalue weighted by Crippen LogP contribution is -2.62. The zero-order valence-electron chi connectivity index (χ0n) is 16.9. The summed E-state index contributed by atoms with van der Waals surface area (Å²) < 4.78 is 7.43. The monoisotopic (exact) mass is 373 g/mol. The molecule has 27 heavy (non-hydrogen) atoms. The van der Waals surface area contributed by atoms with Gasteiger partial charge in [0.2, 0.25) is 5.88 Å². The molecule has 0 saturated carbocycles. The minimum absolute atomic E-state index is 0.0481. The molecule has 7 nitrogen and oxygen atoms in total. The van der Waals surface area contributed by atoms with E-state index < -0.39 is 17.6 Å². The van der Waals surface area contributed by atoms with Crippen LogP contribution in [0, 0.1) is 5.92 Å². The van der Waals surface area contributed by atoms with Crippen molar-refractivity contribution in [3.63, 3.8) is 0 Å². The van der Waals surface area contributed by atoms with Crippen molar-refractivity contribution >= 4 is 12.1 Å². The highest BCUT2D eigenvalue weighted by atomic mass is 16.5. The lowest BCUT2D eigenvalue weighted by Gasteiger charge is -2.45. The van der Waals surface area contributed by atoms with Gasteiger partial charge >= 0.3 is 0 Å². The first kappa shape index (κ1) is 19.6. The van der Waals surface area contributed by atoms with Gasteiger partial charge in [-0.05, 0) is 51.7 Å². The van der Waals surface area contributed by atoms with Crippen LogP contribution in [0.3, 0.4) is 0 Å². The third-order valence-corrected chi connectivity index (χ3v) is 5.72. The average Bonchev–Trinajstić information content (AvgIpc) is 3.17. The molecular formula is C20H31N5O2. The van der Waals surface area contributed by atoms with E-state index in [1.54, 1.807) is 29.2 Å². The highest BCUT2D eigenvalue weighted by Crippen LogP contribution is 2.40. The first-order valence-corrected chi connectivity index (χ1v) is 9.71. The number of carbonyl (C=O) groups is 1. The van der Waals surface area contributed by atoms with E-state index in [-0.39, 0.29) is 11.6 Å². The van der Waals surface area contributed by atoms with Crippen LogP contribution in [-0.2, 0) is 10.3 Å². The summed E-state index contributed by atoms with van der Waals surface area (Å²) in [4.78, 5) is 19.8. The third-order valence-electron chi connectivity index (χ3n) is 5.72. The number of dihydropyridines is 1. The van der Waals surface area contributed by atoms with E-state index >= 15 is 0 Å². The van der Waals surface area contributed by atoms with E-state index in [4.69, 9.17) is 15.5 Å². The molecule has 2 aliphatic rings. The second-order valence-electron chi connectivity index (χ2n) is 8.43. The summed E-state index contributed by atoms with van der Waals surface area (Å²) >= 11 is 0. The Bertz CT molecular complexity index is 753. The van der Waals surface area contributed by atoms with Gasteiger partial charge in [-0.1, -0.05) is 13.8 Å². The van der Waals surface area contributed by atoms with Gasteiger partial charge < -0.3 is 10.5 Å². The molecule has 4 atom stereocenters. The Morgan fingerprint density at radius 1 is 1.48 bits per heavy atom. The maximum atomic E-state index is 12.8. The molecule has 3 heterocycles. The number of likely N-dealkylation sites (tertiary alicyclic amines) is 1. The Morgan fingerprint density at radius 3 is 2.81 bits per heavy atom. The number of hydrogen-bond donors (Lipinski definition) is 1. The average molecular weight is 374 g/mol. The summed E-state index contributed by atoms with van der Waals surface area (Å²) in [5, 5.41) is 4.55. The first-order chi connectivity index (χ1) is 12.7. The standard InChI is InChI=1S/C20H31N5O2/c1-6-15(3)27-16-8-11-25(23-16)20(17(21)26)9-7-10-22-18(20)24-13-14(2)12-19(24,4)5/h7-11,14-15,18H,6,12-13H2,1-5H3,(H2,21,26)/t14-,15?,18?,20?/m0/s1. The fourth-order valence-corrected chi connectivity index (χ4v) is 4.27. The van der Waals surface area contributed by atoms with Crippen LogP contribution in [0.4, 0.5) is 0 Å². The number of hydrogen-bond acceptors (Lipinski definition) is 5. The molecule has 0 radical (unpaired) electrons. The molecule has 3 unspecified atom stereocenters. The predicted molar refractivity (Wildman–Crippen MR) is 106 cm³/mol. The van der Waals surface area contributed by atoms with Crippen LogP contribution in [0.2, 0.25) is 0 Å². The molecular weight excluding hydrogens is 342 g/mol. The van der Waals surface area contributed by atoms with Crippen LogP contribution in [0.15, 0.2) is 29.4 Å². The molecule has 1 saturated heterocycles. The minimum Gasteiger partial charge on any atom is -0.474 e. The largest absolute Gasteiger partial charge is 0.474 e. The normalized spacial score (nSPS) is 31.1. The molecule has 1 aromatic heterocycles. The van der Waals surface area contributed by atoms with E-state index in [0.717, 1.165) is 19.4 Å². The Morgan fingerprint density at radius 2 is 2.22 bits per heavy atom. The van der Waals surface area contributed by atoms with Gasteiger partial charge in [0.1, 0.15) is 6.17 Å². The van der Waals surface area contributed by atoms with Crippen LogP contribution < -0.4 is 10.5 Å². The van der Waals surface area contributed by atoms with Gasteiger partial charge in [-0.25, -0.2) is 4.68 Å². The molecule has 3 rings (SSSR count). The number of nitrogens with two attached hydrogens (primary N) is 1. The SMILES string of the molecule is CCC(C)Oc1ccn(C2(C(N)=O)C=CC=NC2N2C[C@@H](C)CC2(C)C)n1. The quantitative estimate of drug-likeness (QED) is 0.829. The summed E-state index contributed by atoms with van der Waals surface area (Å²) in [6, 6.07) is 1.78. The minimum atomic E-state index is -1.19. The summed E-state index contributed by atoms with van der Waals surface area (Å²) in [6.45, 7) is 11.5. The zero-order chi connectivity index (χ0) is 19.8. The number of aromatic nitrogens is 2. The molecule has 0 aliphatic carbocycles. The number of nitrogens with zero attached hydrogens (tertiary/aromatic N) is 4. The fraction of sp³-hybridized carbons (Fsp3) is 0.650. The molecule has 0 bridgehead atoms. The van der Waals surface area contributed by atoms with Crippen molar-refractivity contribution < 1.29 is 9.53 Å². The Kier molecular flexibility index (Phi) is 5.16. The lowest BCUT2D eigenvalue weighted by molar-refractivity contribution is -0.129. The molecule has 0 spiro atoms. The summed E-state index contributed by atoms with van der Waals surface area (Å²) in [5.41, 5.74) is 4.69. The van der Waals surface area contributed by atoms with Crippen molar-refractivity contribution in [2.45, 2.75) is 70.8 Å². The van der Waals surface area contributed by atoms with Crippen LogP contribution in [0.5, 0.6) is 5.88 Å². The van der Waals surface area contributed by atoms with Crippen molar-refractivity contribution in [3.05, 3.63) is 24.4 Å². The molecule has 1 fully saturated rings. The van der Waals surface area contributed by atoms with Crippen molar-refractivity contribution in [2.75, 3.05) is 6.54 Å². The Labute approximate surface area is 161 Å². The van der Waals surface area contributed by atoms with Crippen molar-refractivity contribution in [1.82, 2.24) is 14.7 Å². The maximum Gasteiger partial charge on any atom is 0.253 e. The zero-order valence-corrected chi connectivity index (χ0v) is 16.9. The first-order valence-electron chi connectivity index (χ1n) is 9.71. The van der Waals surface area contributed by atoms with Crippen LogP contribution in [-0.4, -0.2) is 51.2 Å². The van der Waals surface area contributed by atoms with Crippen LogP contribution in [0.1, 0.15) is 47.5 Å². The van der Waals surface area contributed by atoms with Gasteiger partial charge in [-0.15, -0.1) is 5.10 Å². The molecule has 7 heteroatoms. The molecule has 1 amide bonds. The van der Waals surface area contributed by atoms with E-state index in [1.165, 1.54) is 0 Å². The number of rotatable bonds is 6. The summed E-state index contributed by atoms with van der Waals surface area (Å²) in [5.74, 6) is 0.531. The van der Waals surface area contributed by atoms with Gasteiger partial charge in [0, 0.05) is 30.6 Å². The van der Waals surface area contributed by atoms with Crippen LogP contribution in [0.25, 0.3) is 0 Å². The molecule has 148 valence electrons. The Hall–Kier alpha value is -2.15. The highest BCUT2D eigenvalue weighted by Gasteiger charge is 2.54. The molecule has 0 aromatic carbocycles. The van der Waals surface area contributed by atoms with Gasteiger partial charge in [-0.3, -0.25) is 14.7 Å². The van der Waals surface area contributed by atoms with Crippen molar-refractivity contribution in [1.29, 1.82) is 0 Å². The summed E-state index contributed by atoms with van der Waals surface area (Å²) in [6.07, 6.45) is 8.59. The van der Waals surface area contributed by atoms with Crippen molar-refractivity contribution in [3.8, 4) is 5.88 Å². The van der Waals surface area contributed by atoms with Gasteiger partial charge in [0.25, 0.3) is 5.91 Å². The second-order valence-corrected chi connectivity index (χ2v) is 8.43. The smallest absolute Gasteiger partial charge is 0.253 e. The number of ether oxygens (including phenoxy) is 1. The number of amides is 1. The molecule has 2 N–H and O–H groups in total. The number of carbonyl (C=O) groups excluding carboxylic acids is 1. The van der Waals surface area contributed by atoms with E-state index in [0.29, 0.717) is 11.8 Å². The highest BCUT2D eigenvalue weighted by molar-refractivity contribution is 5.89. The molecule has 1 aromatic rings. The summed E-state index contributed by atoms with van der Waals surface area (Å²) in [7, 11) is 0. The fourth-order valence-electron chi connectivity index (χ4n) is 4.27. The van der Waals surface area contributed by atoms with E-state index in [1.807, 2.05) is 13.0 Å². The van der Waals surface area contributed by atoms with Gasteiger partial charge in [0.15, 0.2) is 5.54 Å². The van der Waals surface area contributed by atoms with E-state index in [9.17, 15) is 4.79 Å². The van der Waals surface area contributed by atoms with Gasteiger partial charge in [-0.2, -0.15) is 0 Å². The third kappa shape index (κ3) is 3.40. The second kappa shape index (κ2) is 7.11. The van der Waals surface area contributed by atoms with Gasteiger partial charge in [0.05, 0.1) is 6.10 Å².